The second kappa shape index (κ2) is 7.22. The number of nitrogens with zero attached hydrogens (tertiary/aromatic N) is 1. The highest BCUT2D eigenvalue weighted by Gasteiger charge is 2.16. The van der Waals surface area contributed by atoms with Crippen molar-refractivity contribution in [1.82, 2.24) is 0 Å². The SMILES string of the molecule is COc1cc(/C=C/C(=O)c2ccccc2[N+](=O)[O-])cc(OC)c1. The summed E-state index contributed by atoms with van der Waals surface area (Å²) in [6, 6.07) is 11.0. The molecule has 2 aromatic rings. The lowest BCUT2D eigenvalue weighted by molar-refractivity contribution is -0.385. The maximum atomic E-state index is 12.2. The average Bonchev–Trinajstić information content (AvgIpc) is 2.59. The van der Waals surface area contributed by atoms with Crippen LogP contribution in [0.5, 0.6) is 11.5 Å². The predicted molar refractivity (Wildman–Crippen MR) is 86.0 cm³/mol. The lowest BCUT2D eigenvalue weighted by Gasteiger charge is -2.05. The topological polar surface area (TPSA) is 78.7 Å². The van der Waals surface area contributed by atoms with Gasteiger partial charge in [-0.2, -0.15) is 0 Å². The van der Waals surface area contributed by atoms with Gasteiger partial charge in [0.15, 0.2) is 5.78 Å². The molecule has 0 unspecified atom stereocenters. The summed E-state index contributed by atoms with van der Waals surface area (Å²) in [5.74, 6) is 0.725. The van der Waals surface area contributed by atoms with Crippen molar-refractivity contribution >= 4 is 17.5 Å². The zero-order valence-corrected chi connectivity index (χ0v) is 12.7. The van der Waals surface area contributed by atoms with Crippen molar-refractivity contribution < 1.29 is 19.2 Å². The second-order valence-electron chi connectivity index (χ2n) is 4.62. The Morgan fingerprint density at radius 2 is 1.70 bits per heavy atom. The van der Waals surface area contributed by atoms with Gasteiger partial charge in [-0.05, 0) is 29.8 Å². The number of allylic oxidation sites excluding steroid dienone is 1. The van der Waals surface area contributed by atoms with Crippen LogP contribution in [0, 0.1) is 10.1 Å². The molecular weight excluding hydrogens is 298 g/mol. The van der Waals surface area contributed by atoms with Gasteiger partial charge < -0.3 is 9.47 Å². The van der Waals surface area contributed by atoms with E-state index in [1.54, 1.807) is 30.3 Å². The Kier molecular flexibility index (Phi) is 5.09. The fourth-order valence-corrected chi connectivity index (χ4v) is 2.03. The summed E-state index contributed by atoms with van der Waals surface area (Å²) in [7, 11) is 3.06. The van der Waals surface area contributed by atoms with Gasteiger partial charge in [0.1, 0.15) is 11.5 Å². The molecule has 0 fully saturated rings. The summed E-state index contributed by atoms with van der Waals surface area (Å²) >= 11 is 0. The van der Waals surface area contributed by atoms with Crippen molar-refractivity contribution in [2.75, 3.05) is 14.2 Å². The second-order valence-corrected chi connectivity index (χ2v) is 4.62. The van der Waals surface area contributed by atoms with Crippen LogP contribution < -0.4 is 9.47 Å². The van der Waals surface area contributed by atoms with Gasteiger partial charge in [0.05, 0.1) is 24.7 Å². The van der Waals surface area contributed by atoms with Crippen molar-refractivity contribution in [2.24, 2.45) is 0 Å². The molecule has 0 saturated carbocycles. The van der Waals surface area contributed by atoms with Gasteiger partial charge in [-0.25, -0.2) is 0 Å². The van der Waals surface area contributed by atoms with E-state index in [-0.39, 0.29) is 11.3 Å². The van der Waals surface area contributed by atoms with Crippen molar-refractivity contribution in [2.45, 2.75) is 0 Å². The number of benzene rings is 2. The van der Waals surface area contributed by atoms with Crippen LogP contribution in [-0.2, 0) is 0 Å². The number of ketones is 1. The molecule has 0 radical (unpaired) electrons. The van der Waals surface area contributed by atoms with Crippen LogP contribution in [0.2, 0.25) is 0 Å². The molecule has 6 heteroatoms. The minimum absolute atomic E-state index is 0.0450. The fraction of sp³-hybridized carbons (Fsp3) is 0.118. The van der Waals surface area contributed by atoms with Crippen LogP contribution in [0.25, 0.3) is 6.08 Å². The van der Waals surface area contributed by atoms with Crippen molar-refractivity contribution in [3.05, 3.63) is 69.8 Å². The molecule has 118 valence electrons. The highest BCUT2D eigenvalue weighted by Crippen LogP contribution is 2.24. The lowest BCUT2D eigenvalue weighted by Crippen LogP contribution is -2.00. The molecule has 23 heavy (non-hydrogen) atoms. The van der Waals surface area contributed by atoms with Crippen LogP contribution >= 0.6 is 0 Å². The smallest absolute Gasteiger partial charge is 0.280 e. The monoisotopic (exact) mass is 313 g/mol. The molecule has 6 nitrogen and oxygen atoms in total. The number of hydrogen-bond donors (Lipinski definition) is 0. The molecular formula is C17H15NO5. The van der Waals surface area contributed by atoms with Crippen molar-refractivity contribution in [1.29, 1.82) is 0 Å². The summed E-state index contributed by atoms with van der Waals surface area (Å²) in [5, 5.41) is 11.0. The van der Waals surface area contributed by atoms with Gasteiger partial charge in [0.25, 0.3) is 5.69 Å². The first kappa shape index (κ1) is 16.2. The zero-order valence-electron chi connectivity index (χ0n) is 12.7. The number of ether oxygens (including phenoxy) is 2. The highest BCUT2D eigenvalue weighted by atomic mass is 16.6. The first-order valence-electron chi connectivity index (χ1n) is 6.74. The Bertz CT molecular complexity index is 745. The van der Waals surface area contributed by atoms with Crippen LogP contribution in [0.1, 0.15) is 15.9 Å². The Hall–Kier alpha value is -3.15. The molecule has 0 aliphatic carbocycles. The molecule has 0 bridgehead atoms. The van der Waals surface area contributed by atoms with E-state index in [9.17, 15) is 14.9 Å². The van der Waals surface area contributed by atoms with Gasteiger partial charge in [-0.3, -0.25) is 14.9 Å². The average molecular weight is 313 g/mol. The summed E-state index contributed by atoms with van der Waals surface area (Å²) in [5.41, 5.74) is 0.516. The zero-order chi connectivity index (χ0) is 16.8. The molecule has 0 aromatic heterocycles. The van der Waals surface area contributed by atoms with Gasteiger partial charge in [-0.15, -0.1) is 0 Å². The third-order valence-electron chi connectivity index (χ3n) is 3.17. The largest absolute Gasteiger partial charge is 0.497 e. The van der Waals surface area contributed by atoms with Gasteiger partial charge in [0, 0.05) is 12.1 Å². The summed E-state index contributed by atoms with van der Waals surface area (Å²) in [6.45, 7) is 0. The minimum atomic E-state index is -0.574. The maximum absolute atomic E-state index is 12.2. The molecule has 2 rings (SSSR count). The standard InChI is InChI=1S/C17H15NO5/c1-22-13-9-12(10-14(11-13)23-2)7-8-17(19)15-5-3-4-6-16(15)18(20)21/h3-11H,1-2H3/b8-7+. The van der Waals surface area contributed by atoms with E-state index >= 15 is 0 Å². The Morgan fingerprint density at radius 1 is 1.09 bits per heavy atom. The van der Waals surface area contributed by atoms with Gasteiger partial charge >= 0.3 is 0 Å². The molecule has 0 aliphatic heterocycles. The van der Waals surface area contributed by atoms with Crippen LogP contribution in [0.3, 0.4) is 0 Å². The first-order chi connectivity index (χ1) is 11.0. The minimum Gasteiger partial charge on any atom is -0.497 e. The number of para-hydroxylation sites is 1. The molecule has 0 aliphatic rings. The lowest BCUT2D eigenvalue weighted by atomic mass is 10.1. The Balaban J connectivity index is 2.30. The van der Waals surface area contributed by atoms with Gasteiger partial charge in [0.2, 0.25) is 0 Å². The predicted octanol–water partition coefficient (Wildman–Crippen LogP) is 3.51. The molecule has 0 heterocycles. The molecule has 0 atom stereocenters. The number of hydrogen-bond acceptors (Lipinski definition) is 5. The maximum Gasteiger partial charge on any atom is 0.280 e. The van der Waals surface area contributed by atoms with Crippen molar-refractivity contribution in [3.8, 4) is 11.5 Å². The van der Waals surface area contributed by atoms with Crippen molar-refractivity contribution in [3.63, 3.8) is 0 Å². The van der Waals surface area contributed by atoms with Crippen LogP contribution in [-0.4, -0.2) is 24.9 Å². The van der Waals surface area contributed by atoms with E-state index in [0.29, 0.717) is 17.1 Å². The molecule has 2 aromatic carbocycles. The number of nitro benzene ring substituents is 1. The van der Waals surface area contributed by atoms with E-state index in [1.807, 2.05) is 0 Å². The summed E-state index contributed by atoms with van der Waals surface area (Å²) < 4.78 is 10.3. The summed E-state index contributed by atoms with van der Waals surface area (Å²) in [4.78, 5) is 22.6. The third kappa shape index (κ3) is 3.94. The van der Waals surface area contributed by atoms with Gasteiger partial charge in [-0.1, -0.05) is 18.2 Å². The Labute approximate surface area is 133 Å². The third-order valence-corrected chi connectivity index (χ3v) is 3.17. The quantitative estimate of drug-likeness (QED) is 0.353. The number of nitro groups is 1. The van der Waals surface area contributed by atoms with Crippen LogP contribution in [0.4, 0.5) is 5.69 Å². The van der Waals surface area contributed by atoms with Crippen LogP contribution in [0.15, 0.2) is 48.5 Å². The number of rotatable bonds is 6. The van der Waals surface area contributed by atoms with E-state index in [2.05, 4.69) is 0 Å². The molecule has 0 spiro atoms. The first-order valence-corrected chi connectivity index (χ1v) is 6.74. The molecule has 0 N–H and O–H groups in total. The molecule has 0 amide bonds. The fourth-order valence-electron chi connectivity index (χ4n) is 2.03. The highest BCUT2D eigenvalue weighted by molar-refractivity contribution is 6.09. The number of carbonyl (C=O) groups is 1. The molecule has 0 saturated heterocycles. The number of carbonyl (C=O) groups excluding carboxylic acids is 1. The van der Waals surface area contributed by atoms with E-state index in [4.69, 9.17) is 9.47 Å². The van der Waals surface area contributed by atoms with E-state index in [1.165, 1.54) is 38.5 Å². The summed E-state index contributed by atoms with van der Waals surface area (Å²) in [6.07, 6.45) is 2.85. The Morgan fingerprint density at radius 3 is 2.26 bits per heavy atom. The number of methoxy groups -OCH3 is 2. The van der Waals surface area contributed by atoms with E-state index < -0.39 is 10.7 Å². The normalized spacial score (nSPS) is 10.5. The van der Waals surface area contributed by atoms with E-state index in [0.717, 1.165) is 0 Å².